The topological polar surface area (TPSA) is 42.0 Å². The molecule has 0 aliphatic carbocycles. The van der Waals surface area contributed by atoms with Gasteiger partial charge in [-0.1, -0.05) is 15.9 Å². The Labute approximate surface area is 150 Å². The molecule has 1 saturated heterocycles. The van der Waals surface area contributed by atoms with E-state index in [1.807, 2.05) is 31.1 Å². The number of nitrogens with zero attached hydrogens (tertiary/aromatic N) is 2. The molecule has 1 aromatic rings. The third-order valence-corrected chi connectivity index (χ3v) is 5.67. The van der Waals surface area contributed by atoms with E-state index in [4.69, 9.17) is 9.47 Å². The number of carbonyl (C=O) groups excluding carboxylic acids is 1. The Morgan fingerprint density at radius 2 is 1.96 bits per heavy atom. The maximum Gasteiger partial charge on any atom is 0.233 e. The molecule has 23 heavy (non-hydrogen) atoms. The Bertz CT molecular complexity index is 569. The summed E-state index contributed by atoms with van der Waals surface area (Å²) in [5.74, 6) is 2.07. The molecule has 2 rings (SSSR count). The quantitative estimate of drug-likeness (QED) is 0.700. The van der Waals surface area contributed by atoms with Crippen LogP contribution in [0.5, 0.6) is 11.5 Å². The van der Waals surface area contributed by atoms with Gasteiger partial charge in [-0.2, -0.15) is 0 Å². The van der Waals surface area contributed by atoms with Crippen LogP contribution in [0.25, 0.3) is 0 Å². The van der Waals surface area contributed by atoms with E-state index in [1.54, 1.807) is 26.0 Å². The van der Waals surface area contributed by atoms with E-state index in [9.17, 15) is 4.79 Å². The lowest BCUT2D eigenvalue weighted by atomic mass is 10.1. The molecular weight excluding hydrogens is 380 g/mol. The second kappa shape index (κ2) is 8.26. The molecule has 0 N–H and O–H groups in total. The fourth-order valence-corrected chi connectivity index (χ4v) is 4.50. The lowest BCUT2D eigenvalue weighted by molar-refractivity contribution is -0.128. The molecule has 1 unspecified atom stereocenters. The summed E-state index contributed by atoms with van der Waals surface area (Å²) in [7, 11) is 7.33. The molecule has 0 aromatic heterocycles. The maximum atomic E-state index is 12.2. The third-order valence-electron chi connectivity index (χ3n) is 3.74. The predicted molar refractivity (Wildman–Crippen MR) is 97.3 cm³/mol. The summed E-state index contributed by atoms with van der Waals surface area (Å²) >= 11 is 5.26. The smallest absolute Gasteiger partial charge is 0.233 e. The Hall–Kier alpha value is -0.920. The van der Waals surface area contributed by atoms with Crippen LogP contribution in [0.2, 0.25) is 0 Å². The van der Waals surface area contributed by atoms with Gasteiger partial charge < -0.3 is 19.3 Å². The summed E-state index contributed by atoms with van der Waals surface area (Å²) in [6.45, 7) is 1.73. The molecule has 1 atom stereocenters. The molecule has 7 heteroatoms. The fraction of sp³-hybridized carbons (Fsp3) is 0.562. The van der Waals surface area contributed by atoms with Crippen molar-refractivity contribution in [2.24, 2.45) is 0 Å². The standard InChI is InChI=1S/C16H23BrN2O3S/c1-18(2)6-5-7-19-15(20)10-23-16(19)11-8-13(21-3)14(22-4)9-12(11)17/h8-9,16H,5-7,10H2,1-4H3. The fourth-order valence-electron chi connectivity index (χ4n) is 2.57. The van der Waals surface area contributed by atoms with E-state index < -0.39 is 0 Å². The highest BCUT2D eigenvalue weighted by atomic mass is 79.9. The van der Waals surface area contributed by atoms with Crippen LogP contribution in [-0.2, 0) is 4.79 Å². The Morgan fingerprint density at radius 1 is 1.30 bits per heavy atom. The minimum absolute atomic E-state index is 0.0128. The average molecular weight is 403 g/mol. The van der Waals surface area contributed by atoms with Gasteiger partial charge >= 0.3 is 0 Å². The number of rotatable bonds is 7. The highest BCUT2D eigenvalue weighted by molar-refractivity contribution is 9.10. The highest BCUT2D eigenvalue weighted by Gasteiger charge is 2.34. The van der Waals surface area contributed by atoms with E-state index >= 15 is 0 Å². The minimum Gasteiger partial charge on any atom is -0.493 e. The van der Waals surface area contributed by atoms with Gasteiger partial charge in [-0.15, -0.1) is 11.8 Å². The van der Waals surface area contributed by atoms with Gasteiger partial charge in [0.2, 0.25) is 5.91 Å². The molecule has 0 saturated carbocycles. The van der Waals surface area contributed by atoms with Crippen LogP contribution in [0.4, 0.5) is 0 Å². The second-order valence-electron chi connectivity index (χ2n) is 5.64. The number of ether oxygens (including phenoxy) is 2. The van der Waals surface area contributed by atoms with Gasteiger partial charge in [-0.25, -0.2) is 0 Å². The zero-order valence-corrected chi connectivity index (χ0v) is 16.4. The van der Waals surface area contributed by atoms with Crippen molar-refractivity contribution in [1.29, 1.82) is 0 Å². The molecule has 128 valence electrons. The number of benzene rings is 1. The molecule has 1 amide bonds. The van der Waals surface area contributed by atoms with Gasteiger partial charge in [0.05, 0.1) is 20.0 Å². The van der Waals surface area contributed by atoms with Crippen LogP contribution in [0.15, 0.2) is 16.6 Å². The number of carbonyl (C=O) groups is 1. The van der Waals surface area contributed by atoms with Gasteiger partial charge in [0.1, 0.15) is 5.37 Å². The zero-order chi connectivity index (χ0) is 17.0. The molecule has 0 spiro atoms. The first-order valence-corrected chi connectivity index (χ1v) is 9.29. The lowest BCUT2D eigenvalue weighted by Gasteiger charge is -2.26. The van der Waals surface area contributed by atoms with Crippen LogP contribution >= 0.6 is 27.7 Å². The molecule has 1 fully saturated rings. The SMILES string of the molecule is COc1cc(Br)c(C2SCC(=O)N2CCCN(C)C)cc1OC. The lowest BCUT2D eigenvalue weighted by Crippen LogP contribution is -2.31. The largest absolute Gasteiger partial charge is 0.493 e. The van der Waals surface area contributed by atoms with Gasteiger partial charge in [0.15, 0.2) is 11.5 Å². The monoisotopic (exact) mass is 402 g/mol. The number of methoxy groups -OCH3 is 2. The van der Waals surface area contributed by atoms with Crippen molar-refractivity contribution in [1.82, 2.24) is 9.80 Å². The van der Waals surface area contributed by atoms with Crippen molar-refractivity contribution >= 4 is 33.6 Å². The minimum atomic E-state index is 0.0128. The number of thioether (sulfide) groups is 1. The zero-order valence-electron chi connectivity index (χ0n) is 14.0. The summed E-state index contributed by atoms with van der Waals surface area (Å²) in [5, 5.41) is 0.0128. The average Bonchev–Trinajstić information content (AvgIpc) is 2.87. The summed E-state index contributed by atoms with van der Waals surface area (Å²) in [6, 6.07) is 3.85. The maximum absolute atomic E-state index is 12.2. The van der Waals surface area contributed by atoms with Gasteiger partial charge in [0, 0.05) is 16.6 Å². The molecule has 5 nitrogen and oxygen atoms in total. The molecule has 1 aliphatic heterocycles. The van der Waals surface area contributed by atoms with Crippen LogP contribution in [0, 0.1) is 0 Å². The summed E-state index contributed by atoms with van der Waals surface area (Å²) in [4.78, 5) is 16.3. The van der Waals surface area contributed by atoms with Crippen LogP contribution in [0.3, 0.4) is 0 Å². The summed E-state index contributed by atoms with van der Waals surface area (Å²) in [5.41, 5.74) is 1.04. The van der Waals surface area contributed by atoms with Gasteiger partial charge in [0.25, 0.3) is 0 Å². The normalized spacial score (nSPS) is 17.9. The highest BCUT2D eigenvalue weighted by Crippen LogP contribution is 2.45. The number of halogens is 1. The van der Waals surface area contributed by atoms with Crippen LogP contribution in [0.1, 0.15) is 17.4 Å². The van der Waals surface area contributed by atoms with Crippen molar-refractivity contribution < 1.29 is 14.3 Å². The van der Waals surface area contributed by atoms with Crippen LogP contribution < -0.4 is 9.47 Å². The van der Waals surface area contributed by atoms with E-state index in [2.05, 4.69) is 20.8 Å². The molecule has 0 bridgehead atoms. The first kappa shape index (κ1) is 18.4. The number of hydrogen-bond acceptors (Lipinski definition) is 5. The van der Waals surface area contributed by atoms with Crippen molar-refractivity contribution in [3.63, 3.8) is 0 Å². The van der Waals surface area contributed by atoms with Crippen molar-refractivity contribution in [3.05, 3.63) is 22.2 Å². The third kappa shape index (κ3) is 4.33. The Morgan fingerprint density at radius 3 is 2.57 bits per heavy atom. The van der Waals surface area contributed by atoms with Crippen molar-refractivity contribution in [2.45, 2.75) is 11.8 Å². The Kier molecular flexibility index (Phi) is 6.61. The summed E-state index contributed by atoms with van der Waals surface area (Å²) < 4.78 is 11.7. The molecule has 0 radical (unpaired) electrons. The number of amides is 1. The first-order chi connectivity index (χ1) is 11.0. The second-order valence-corrected chi connectivity index (χ2v) is 7.56. The van der Waals surface area contributed by atoms with Gasteiger partial charge in [-0.05, 0) is 39.2 Å². The van der Waals surface area contributed by atoms with E-state index in [0.717, 1.165) is 29.5 Å². The van der Waals surface area contributed by atoms with Crippen LogP contribution in [-0.4, -0.2) is 62.9 Å². The molecular formula is C16H23BrN2O3S. The Balaban J connectivity index is 2.23. The molecule has 1 aliphatic rings. The predicted octanol–water partition coefficient (Wildman–Crippen LogP) is 2.99. The number of hydrogen-bond donors (Lipinski definition) is 0. The van der Waals surface area contributed by atoms with E-state index in [0.29, 0.717) is 17.3 Å². The van der Waals surface area contributed by atoms with E-state index in [1.165, 1.54) is 0 Å². The molecule has 1 aromatic carbocycles. The van der Waals surface area contributed by atoms with Crippen molar-refractivity contribution in [2.75, 3.05) is 47.2 Å². The van der Waals surface area contributed by atoms with Gasteiger partial charge in [-0.3, -0.25) is 4.79 Å². The summed E-state index contributed by atoms with van der Waals surface area (Å²) in [6.07, 6.45) is 0.959. The first-order valence-electron chi connectivity index (χ1n) is 7.45. The van der Waals surface area contributed by atoms with Crippen molar-refractivity contribution in [3.8, 4) is 11.5 Å². The van der Waals surface area contributed by atoms with E-state index in [-0.39, 0.29) is 11.3 Å². The molecule has 1 heterocycles.